The maximum atomic E-state index is 12.6. The van der Waals surface area contributed by atoms with Crippen molar-refractivity contribution >= 4 is 19.8 Å². The smallest absolute Gasteiger partial charge is 0.462 e. The summed E-state index contributed by atoms with van der Waals surface area (Å²) in [5.74, 6) is -0.924. The number of rotatable bonds is 39. The zero-order valence-electron chi connectivity index (χ0n) is 32.6. The average Bonchev–Trinajstić information content (AvgIpc) is 3.12. The first-order valence-corrected chi connectivity index (χ1v) is 22.1. The van der Waals surface area contributed by atoms with Crippen LogP contribution in [0.3, 0.4) is 0 Å². The normalized spacial score (nSPS) is 14.1. The Balaban J connectivity index is 4.32. The molecule has 0 aliphatic heterocycles. The summed E-state index contributed by atoms with van der Waals surface area (Å²) in [6, 6.07) is 0. The second-order valence-corrected chi connectivity index (χ2v) is 15.5. The molecule has 3 N–H and O–H groups in total. The van der Waals surface area contributed by atoms with Gasteiger partial charge in [-0.25, -0.2) is 4.57 Å². The van der Waals surface area contributed by atoms with Crippen LogP contribution in [0.15, 0.2) is 12.2 Å². The second-order valence-electron chi connectivity index (χ2n) is 14.0. The van der Waals surface area contributed by atoms with Crippen LogP contribution >= 0.6 is 7.82 Å². The molecule has 0 aliphatic carbocycles. The maximum absolute atomic E-state index is 12.6. The lowest BCUT2D eigenvalue weighted by atomic mass is 10.0. The predicted octanol–water partition coefficient (Wildman–Crippen LogP) is 10.4. The lowest BCUT2D eigenvalue weighted by Crippen LogP contribution is -2.29. The predicted molar refractivity (Wildman–Crippen MR) is 205 cm³/mol. The number of carbonyl (C=O) groups excluding carboxylic acids is 2. The molecule has 10 nitrogen and oxygen atoms in total. The number of esters is 2. The van der Waals surface area contributed by atoms with E-state index in [0.29, 0.717) is 12.8 Å². The molecule has 0 rings (SSSR count). The first-order chi connectivity index (χ1) is 24.7. The fourth-order valence-corrected chi connectivity index (χ4v) is 6.48. The quantitative estimate of drug-likeness (QED) is 0.0240. The van der Waals surface area contributed by atoms with E-state index in [1.165, 1.54) is 103 Å². The van der Waals surface area contributed by atoms with Gasteiger partial charge in [0.05, 0.1) is 19.8 Å². The van der Waals surface area contributed by atoms with Gasteiger partial charge in [-0.2, -0.15) is 0 Å². The highest BCUT2D eigenvalue weighted by molar-refractivity contribution is 7.47. The Kier molecular flexibility index (Phi) is 36.1. The van der Waals surface area contributed by atoms with E-state index in [2.05, 4.69) is 30.5 Å². The van der Waals surface area contributed by atoms with Gasteiger partial charge in [-0.05, 0) is 38.5 Å². The molecule has 0 saturated carbocycles. The van der Waals surface area contributed by atoms with Gasteiger partial charge in [-0.3, -0.25) is 18.6 Å². The zero-order valence-corrected chi connectivity index (χ0v) is 33.5. The molecule has 0 radical (unpaired) electrons. The lowest BCUT2D eigenvalue weighted by molar-refractivity contribution is -0.161. The molecular formula is C40H77O10P. The van der Waals surface area contributed by atoms with Crippen LogP contribution < -0.4 is 0 Å². The van der Waals surface area contributed by atoms with Crippen LogP contribution in [0, 0.1) is 0 Å². The molecular weight excluding hydrogens is 671 g/mol. The van der Waals surface area contributed by atoms with Crippen molar-refractivity contribution in [1.82, 2.24) is 0 Å². The molecule has 0 spiro atoms. The van der Waals surface area contributed by atoms with Crippen molar-refractivity contribution in [2.24, 2.45) is 0 Å². The molecule has 0 heterocycles. The van der Waals surface area contributed by atoms with Crippen LogP contribution in [-0.4, -0.2) is 65.7 Å². The highest BCUT2D eigenvalue weighted by Gasteiger charge is 2.27. The van der Waals surface area contributed by atoms with Crippen molar-refractivity contribution in [1.29, 1.82) is 0 Å². The Morgan fingerprint density at radius 3 is 1.41 bits per heavy atom. The third kappa shape index (κ3) is 36.8. The number of carbonyl (C=O) groups is 2. The third-order valence-electron chi connectivity index (χ3n) is 8.92. The number of allylic oxidation sites excluding steroid dienone is 2. The van der Waals surface area contributed by atoms with Crippen LogP contribution in [0.2, 0.25) is 0 Å². The SMILES string of the molecule is CCCCCCC/C=C\CCCCCCCCC(=O)OC(COC(=O)CCCCCCCCCCCCCCC)COP(=O)(O)OCC(O)CO. The Bertz CT molecular complexity index is 868. The molecule has 0 aliphatic rings. The van der Waals surface area contributed by atoms with Crippen LogP contribution in [0.5, 0.6) is 0 Å². The van der Waals surface area contributed by atoms with E-state index in [-0.39, 0.29) is 19.4 Å². The molecule has 3 unspecified atom stereocenters. The van der Waals surface area contributed by atoms with E-state index in [0.717, 1.165) is 51.4 Å². The van der Waals surface area contributed by atoms with Crippen molar-refractivity contribution in [3.63, 3.8) is 0 Å². The van der Waals surface area contributed by atoms with Crippen LogP contribution in [0.25, 0.3) is 0 Å². The highest BCUT2D eigenvalue weighted by atomic mass is 31.2. The fraction of sp³-hybridized carbons (Fsp3) is 0.900. The molecule has 0 aromatic rings. The van der Waals surface area contributed by atoms with Gasteiger partial charge in [-0.15, -0.1) is 0 Å². The summed E-state index contributed by atoms with van der Waals surface area (Å²) < 4.78 is 32.6. The van der Waals surface area contributed by atoms with Crippen LogP contribution in [0.1, 0.15) is 194 Å². The summed E-state index contributed by atoms with van der Waals surface area (Å²) >= 11 is 0. The van der Waals surface area contributed by atoms with E-state index in [1.54, 1.807) is 0 Å². The molecule has 3 atom stereocenters. The Morgan fingerprint density at radius 1 is 0.569 bits per heavy atom. The first kappa shape index (κ1) is 49.7. The van der Waals surface area contributed by atoms with E-state index in [1.807, 2.05) is 0 Å². The molecule has 0 saturated heterocycles. The van der Waals surface area contributed by atoms with Gasteiger partial charge >= 0.3 is 19.8 Å². The number of ether oxygens (including phenoxy) is 2. The minimum absolute atomic E-state index is 0.181. The Hall–Kier alpha value is -1.29. The van der Waals surface area contributed by atoms with Crippen molar-refractivity contribution in [3.05, 3.63) is 12.2 Å². The third-order valence-corrected chi connectivity index (χ3v) is 9.87. The molecule has 0 bridgehead atoms. The number of phosphoric acid groups is 1. The minimum Gasteiger partial charge on any atom is -0.462 e. The Labute approximate surface area is 311 Å². The summed E-state index contributed by atoms with van der Waals surface area (Å²) in [7, 11) is -4.61. The highest BCUT2D eigenvalue weighted by Crippen LogP contribution is 2.43. The summed E-state index contributed by atoms with van der Waals surface area (Å²) in [5, 5.41) is 18.3. The average molecular weight is 749 g/mol. The van der Waals surface area contributed by atoms with E-state index < -0.39 is 51.8 Å². The standard InChI is InChI=1S/C40H77O10P/c1-3-5-7-9-11-13-15-17-18-20-22-24-26-28-30-32-40(44)50-38(36-49-51(45,46)48-34-37(42)33-41)35-47-39(43)31-29-27-25-23-21-19-16-14-12-10-8-6-4-2/h15,17,37-38,41-42H,3-14,16,18-36H2,1-2H3,(H,45,46)/b17-15-. The monoisotopic (exact) mass is 749 g/mol. The van der Waals surface area contributed by atoms with E-state index in [9.17, 15) is 24.2 Å². The number of aliphatic hydroxyl groups is 2. The van der Waals surface area contributed by atoms with Gasteiger partial charge in [0, 0.05) is 12.8 Å². The first-order valence-electron chi connectivity index (χ1n) is 20.6. The summed E-state index contributed by atoms with van der Waals surface area (Å²) in [6.45, 7) is 2.37. The molecule has 0 fully saturated rings. The maximum Gasteiger partial charge on any atom is 0.472 e. The molecule has 302 valence electrons. The van der Waals surface area contributed by atoms with Crippen molar-refractivity contribution in [2.75, 3.05) is 26.4 Å². The van der Waals surface area contributed by atoms with E-state index >= 15 is 0 Å². The van der Waals surface area contributed by atoms with Crippen molar-refractivity contribution < 1.29 is 47.8 Å². The van der Waals surface area contributed by atoms with Gasteiger partial charge < -0.3 is 24.6 Å². The molecule has 0 amide bonds. The second kappa shape index (κ2) is 37.0. The molecule has 0 aromatic carbocycles. The summed E-state index contributed by atoms with van der Waals surface area (Å²) in [6.07, 6.45) is 33.2. The molecule has 11 heteroatoms. The van der Waals surface area contributed by atoms with Gasteiger partial charge in [-0.1, -0.05) is 154 Å². The number of hydrogen-bond acceptors (Lipinski definition) is 9. The van der Waals surface area contributed by atoms with Gasteiger partial charge in [0.2, 0.25) is 0 Å². The topological polar surface area (TPSA) is 149 Å². The lowest BCUT2D eigenvalue weighted by Gasteiger charge is -2.20. The van der Waals surface area contributed by atoms with Gasteiger partial charge in [0.1, 0.15) is 12.7 Å². The zero-order chi connectivity index (χ0) is 37.7. The van der Waals surface area contributed by atoms with E-state index in [4.69, 9.17) is 19.1 Å². The largest absolute Gasteiger partial charge is 0.472 e. The number of phosphoric ester groups is 1. The van der Waals surface area contributed by atoms with Crippen molar-refractivity contribution in [2.45, 2.75) is 206 Å². The number of hydrogen-bond donors (Lipinski definition) is 3. The number of aliphatic hydroxyl groups excluding tert-OH is 2. The molecule has 0 aromatic heterocycles. The molecule has 51 heavy (non-hydrogen) atoms. The number of unbranched alkanes of at least 4 members (excludes halogenated alkanes) is 23. The van der Waals surface area contributed by atoms with Gasteiger partial charge in [0.15, 0.2) is 6.10 Å². The fourth-order valence-electron chi connectivity index (χ4n) is 5.69. The summed E-state index contributed by atoms with van der Waals surface area (Å²) in [4.78, 5) is 34.9. The Morgan fingerprint density at radius 2 is 0.961 bits per heavy atom. The minimum atomic E-state index is -4.61. The van der Waals surface area contributed by atoms with Crippen LogP contribution in [0.4, 0.5) is 0 Å². The van der Waals surface area contributed by atoms with Crippen LogP contribution in [-0.2, 0) is 32.7 Å². The van der Waals surface area contributed by atoms with Crippen molar-refractivity contribution in [3.8, 4) is 0 Å². The summed E-state index contributed by atoms with van der Waals surface area (Å²) in [5.41, 5.74) is 0. The van der Waals surface area contributed by atoms with Gasteiger partial charge in [0.25, 0.3) is 0 Å².